The number of aromatic nitrogens is 2. The molecule has 110 valence electrons. The van der Waals surface area contributed by atoms with E-state index in [9.17, 15) is 10.1 Å². The molecule has 1 aliphatic heterocycles. The molecule has 2 heterocycles. The number of nitrogen functional groups attached to an aromatic ring is 1. The fraction of sp³-hybridized carbons (Fsp3) is 0.667. The first kappa shape index (κ1) is 14.4. The topological polar surface area (TPSA) is 101 Å². The van der Waals surface area contributed by atoms with Crippen molar-refractivity contribution in [1.82, 2.24) is 14.9 Å². The Hall–Kier alpha value is -1.96. The van der Waals surface area contributed by atoms with E-state index in [1.54, 1.807) is 6.92 Å². The molecule has 1 aromatic rings. The Kier molecular flexibility index (Phi) is 4.03. The van der Waals surface area contributed by atoms with Crippen LogP contribution in [-0.4, -0.2) is 52.5 Å². The monoisotopic (exact) mass is 280 g/mol. The second-order valence-corrected chi connectivity index (χ2v) is 5.09. The van der Waals surface area contributed by atoms with Crippen LogP contribution in [0.2, 0.25) is 0 Å². The summed E-state index contributed by atoms with van der Waals surface area (Å²) in [7, 11) is 2.07. The quantitative estimate of drug-likeness (QED) is 0.645. The average Bonchev–Trinajstić information content (AvgIpc) is 2.37. The standard InChI is InChI=1S/C12H20N6O2/c1-4-9-7-17(6-5-16(9)3)11-10(18(19)20)8(2)14-12(13)15-11/h9H,4-7H2,1-3H3,(H2,13,14,15). The molecule has 1 atom stereocenters. The first-order chi connectivity index (χ1) is 9.43. The summed E-state index contributed by atoms with van der Waals surface area (Å²) in [5.74, 6) is 0.418. The average molecular weight is 280 g/mol. The zero-order valence-electron chi connectivity index (χ0n) is 12.0. The third-order valence-electron chi connectivity index (χ3n) is 3.79. The molecule has 0 spiro atoms. The van der Waals surface area contributed by atoms with Gasteiger partial charge in [-0.2, -0.15) is 4.98 Å². The van der Waals surface area contributed by atoms with Crippen LogP contribution in [0.1, 0.15) is 19.0 Å². The second kappa shape index (κ2) is 5.58. The molecule has 8 nitrogen and oxygen atoms in total. The summed E-state index contributed by atoms with van der Waals surface area (Å²) in [4.78, 5) is 23.0. The van der Waals surface area contributed by atoms with Gasteiger partial charge in [0, 0.05) is 25.7 Å². The van der Waals surface area contributed by atoms with Crippen LogP contribution in [-0.2, 0) is 0 Å². The van der Waals surface area contributed by atoms with Crippen LogP contribution < -0.4 is 10.6 Å². The highest BCUT2D eigenvalue weighted by Gasteiger charge is 2.30. The van der Waals surface area contributed by atoms with Crippen molar-refractivity contribution in [3.63, 3.8) is 0 Å². The minimum atomic E-state index is -0.427. The van der Waals surface area contributed by atoms with Crippen LogP contribution in [0.15, 0.2) is 0 Å². The highest BCUT2D eigenvalue weighted by molar-refractivity contribution is 5.62. The summed E-state index contributed by atoms with van der Waals surface area (Å²) in [6.45, 7) is 5.96. The van der Waals surface area contributed by atoms with Gasteiger partial charge in [-0.15, -0.1) is 0 Å². The number of nitro groups is 1. The molecule has 20 heavy (non-hydrogen) atoms. The van der Waals surface area contributed by atoms with Gasteiger partial charge >= 0.3 is 5.69 Å². The molecule has 1 saturated heterocycles. The SMILES string of the molecule is CCC1CN(c2nc(N)nc(C)c2[N+](=O)[O-])CCN1C. The molecule has 1 unspecified atom stereocenters. The van der Waals surface area contributed by atoms with Gasteiger partial charge in [-0.25, -0.2) is 4.98 Å². The second-order valence-electron chi connectivity index (χ2n) is 5.09. The molecule has 0 saturated carbocycles. The summed E-state index contributed by atoms with van der Waals surface area (Å²) in [6.07, 6.45) is 0.986. The molecule has 0 amide bonds. The van der Waals surface area contributed by atoms with Gasteiger partial charge in [-0.3, -0.25) is 15.0 Å². The van der Waals surface area contributed by atoms with Crippen LogP contribution in [0.5, 0.6) is 0 Å². The Labute approximate surface area is 117 Å². The highest BCUT2D eigenvalue weighted by atomic mass is 16.6. The maximum absolute atomic E-state index is 11.3. The molecule has 0 bridgehead atoms. The molecule has 0 aliphatic carbocycles. The number of aryl methyl sites for hydroxylation is 1. The minimum absolute atomic E-state index is 0.0430. The summed E-state index contributed by atoms with van der Waals surface area (Å²) in [5.41, 5.74) is 5.91. The Bertz CT molecular complexity index is 521. The van der Waals surface area contributed by atoms with E-state index in [0.29, 0.717) is 30.6 Å². The van der Waals surface area contributed by atoms with E-state index >= 15 is 0 Å². The number of hydrogen-bond donors (Lipinski definition) is 1. The van der Waals surface area contributed by atoms with Crippen molar-refractivity contribution in [1.29, 1.82) is 0 Å². The predicted molar refractivity (Wildman–Crippen MR) is 76.8 cm³/mol. The summed E-state index contributed by atoms with van der Waals surface area (Å²) < 4.78 is 0. The normalized spacial score (nSPS) is 20.1. The number of nitrogens with zero attached hydrogens (tertiary/aromatic N) is 5. The van der Waals surface area contributed by atoms with Crippen molar-refractivity contribution in [2.75, 3.05) is 37.3 Å². The number of rotatable bonds is 3. The first-order valence-corrected chi connectivity index (χ1v) is 6.67. The van der Waals surface area contributed by atoms with E-state index in [2.05, 4.69) is 28.8 Å². The Morgan fingerprint density at radius 2 is 2.15 bits per heavy atom. The zero-order chi connectivity index (χ0) is 14.9. The predicted octanol–water partition coefficient (Wildman–Crippen LogP) is 0.806. The minimum Gasteiger partial charge on any atom is -0.368 e. The molecule has 1 aliphatic rings. The third-order valence-corrected chi connectivity index (χ3v) is 3.79. The van der Waals surface area contributed by atoms with Gasteiger partial charge in [0.05, 0.1) is 4.92 Å². The number of anilines is 2. The first-order valence-electron chi connectivity index (χ1n) is 6.67. The Morgan fingerprint density at radius 1 is 1.45 bits per heavy atom. The number of hydrogen-bond acceptors (Lipinski definition) is 7. The number of nitrogens with two attached hydrogens (primary N) is 1. The van der Waals surface area contributed by atoms with Crippen LogP contribution in [0.4, 0.5) is 17.5 Å². The maximum Gasteiger partial charge on any atom is 0.332 e. The van der Waals surface area contributed by atoms with Gasteiger partial charge in [0.2, 0.25) is 11.8 Å². The lowest BCUT2D eigenvalue weighted by molar-refractivity contribution is -0.385. The van der Waals surface area contributed by atoms with Crippen LogP contribution in [0.3, 0.4) is 0 Å². The van der Waals surface area contributed by atoms with E-state index in [4.69, 9.17) is 5.73 Å². The van der Waals surface area contributed by atoms with Crippen LogP contribution in [0.25, 0.3) is 0 Å². The molecule has 1 aromatic heterocycles. The largest absolute Gasteiger partial charge is 0.368 e. The van der Waals surface area contributed by atoms with Gasteiger partial charge in [-0.05, 0) is 20.4 Å². The summed E-state index contributed by atoms with van der Waals surface area (Å²) >= 11 is 0. The van der Waals surface area contributed by atoms with Gasteiger partial charge in [0.25, 0.3) is 0 Å². The summed E-state index contributed by atoms with van der Waals surface area (Å²) in [6, 6.07) is 0.361. The van der Waals surface area contributed by atoms with Crippen molar-refractivity contribution < 1.29 is 4.92 Å². The molecular weight excluding hydrogens is 260 g/mol. The van der Waals surface area contributed by atoms with Gasteiger partial charge in [-0.1, -0.05) is 6.92 Å². The van der Waals surface area contributed by atoms with Crippen molar-refractivity contribution in [3.8, 4) is 0 Å². The van der Waals surface area contributed by atoms with Crippen LogP contribution >= 0.6 is 0 Å². The van der Waals surface area contributed by atoms with E-state index < -0.39 is 4.92 Å². The fourth-order valence-corrected chi connectivity index (χ4v) is 2.59. The maximum atomic E-state index is 11.3. The lowest BCUT2D eigenvalue weighted by Crippen LogP contribution is -2.51. The molecule has 0 radical (unpaired) electrons. The molecule has 8 heteroatoms. The van der Waals surface area contributed by atoms with Crippen molar-refractivity contribution in [2.45, 2.75) is 26.3 Å². The van der Waals surface area contributed by atoms with Crippen LogP contribution in [0, 0.1) is 17.0 Å². The van der Waals surface area contributed by atoms with E-state index in [1.807, 2.05) is 4.90 Å². The smallest absolute Gasteiger partial charge is 0.332 e. The van der Waals surface area contributed by atoms with E-state index in [1.165, 1.54) is 0 Å². The molecule has 2 rings (SSSR count). The fourth-order valence-electron chi connectivity index (χ4n) is 2.59. The zero-order valence-corrected chi connectivity index (χ0v) is 12.0. The number of piperazine rings is 1. The summed E-state index contributed by atoms with van der Waals surface area (Å²) in [5, 5.41) is 11.3. The molecule has 0 aromatic carbocycles. The Balaban J connectivity index is 2.39. The third kappa shape index (κ3) is 2.64. The molecule has 2 N–H and O–H groups in total. The van der Waals surface area contributed by atoms with Gasteiger partial charge in [0.1, 0.15) is 5.69 Å². The van der Waals surface area contributed by atoms with Crippen molar-refractivity contribution in [3.05, 3.63) is 15.8 Å². The highest BCUT2D eigenvalue weighted by Crippen LogP contribution is 2.30. The number of likely N-dealkylation sites (N-methyl/N-ethyl adjacent to an activating group) is 1. The van der Waals surface area contributed by atoms with Crippen molar-refractivity contribution >= 4 is 17.5 Å². The lowest BCUT2D eigenvalue weighted by atomic mass is 10.1. The lowest BCUT2D eigenvalue weighted by Gasteiger charge is -2.39. The molecular formula is C12H20N6O2. The van der Waals surface area contributed by atoms with Crippen molar-refractivity contribution in [2.24, 2.45) is 0 Å². The Morgan fingerprint density at radius 3 is 2.75 bits per heavy atom. The molecule has 1 fully saturated rings. The van der Waals surface area contributed by atoms with Gasteiger partial charge < -0.3 is 10.6 Å². The van der Waals surface area contributed by atoms with Gasteiger partial charge in [0.15, 0.2) is 0 Å². The van der Waals surface area contributed by atoms with E-state index in [-0.39, 0.29) is 11.6 Å². The van der Waals surface area contributed by atoms with E-state index in [0.717, 1.165) is 13.0 Å².